The minimum absolute atomic E-state index is 0.0863. The molecule has 0 radical (unpaired) electrons. The summed E-state index contributed by atoms with van der Waals surface area (Å²) in [7, 11) is 0. The highest BCUT2D eigenvalue weighted by atomic mass is 32.1. The predicted molar refractivity (Wildman–Crippen MR) is 75.7 cm³/mol. The van der Waals surface area contributed by atoms with Crippen LogP contribution in [0.3, 0.4) is 0 Å². The molecule has 1 amide bonds. The highest BCUT2D eigenvalue weighted by Crippen LogP contribution is 2.23. The van der Waals surface area contributed by atoms with Gasteiger partial charge in [-0.15, -0.1) is 10.2 Å². The van der Waals surface area contributed by atoms with E-state index in [1.54, 1.807) is 4.90 Å². The molecular formula is C12H15N5OS. The number of benzene rings is 1. The summed E-state index contributed by atoms with van der Waals surface area (Å²) < 4.78 is 0. The Labute approximate surface area is 115 Å². The zero-order valence-corrected chi connectivity index (χ0v) is 11.4. The van der Waals surface area contributed by atoms with Crippen LogP contribution in [0.1, 0.15) is 10.6 Å². The van der Waals surface area contributed by atoms with Crippen LogP contribution in [0.2, 0.25) is 0 Å². The Bertz CT molecular complexity index is 583. The third kappa shape index (κ3) is 3.41. The zero-order chi connectivity index (χ0) is 13.8. The number of anilines is 2. The SMILES string of the molecule is Cc1nnc(N(CC(N)=O)Cc2ccccc2N)s1. The molecule has 0 bridgehead atoms. The fraction of sp³-hybridized carbons (Fsp3) is 0.250. The van der Waals surface area contributed by atoms with Gasteiger partial charge in [-0.05, 0) is 18.6 Å². The van der Waals surface area contributed by atoms with Gasteiger partial charge in [0.2, 0.25) is 11.0 Å². The molecule has 0 aliphatic carbocycles. The summed E-state index contributed by atoms with van der Waals surface area (Å²) in [5.74, 6) is -0.414. The maximum atomic E-state index is 11.2. The quantitative estimate of drug-likeness (QED) is 0.792. The molecule has 0 spiro atoms. The normalized spacial score (nSPS) is 10.4. The van der Waals surface area contributed by atoms with Crippen LogP contribution in [0.5, 0.6) is 0 Å². The van der Waals surface area contributed by atoms with Gasteiger partial charge < -0.3 is 16.4 Å². The minimum Gasteiger partial charge on any atom is -0.398 e. The number of nitrogens with zero attached hydrogens (tertiary/aromatic N) is 3. The molecule has 2 aromatic rings. The van der Waals surface area contributed by atoms with E-state index >= 15 is 0 Å². The first-order valence-electron chi connectivity index (χ1n) is 5.73. The number of amides is 1. The Morgan fingerprint density at radius 3 is 2.68 bits per heavy atom. The van der Waals surface area contributed by atoms with E-state index in [4.69, 9.17) is 11.5 Å². The maximum Gasteiger partial charge on any atom is 0.237 e. The van der Waals surface area contributed by atoms with Crippen LogP contribution < -0.4 is 16.4 Å². The summed E-state index contributed by atoms with van der Waals surface area (Å²) in [4.78, 5) is 12.9. The molecule has 2 rings (SSSR count). The number of carbonyl (C=O) groups excluding carboxylic acids is 1. The number of hydrogen-bond donors (Lipinski definition) is 2. The van der Waals surface area contributed by atoms with Gasteiger partial charge in [0.05, 0.1) is 6.54 Å². The van der Waals surface area contributed by atoms with Crippen molar-refractivity contribution in [2.75, 3.05) is 17.2 Å². The van der Waals surface area contributed by atoms with Crippen LogP contribution >= 0.6 is 11.3 Å². The molecule has 0 saturated heterocycles. The molecule has 7 heteroatoms. The van der Waals surface area contributed by atoms with E-state index in [0.29, 0.717) is 17.4 Å². The van der Waals surface area contributed by atoms with Crippen molar-refractivity contribution in [1.82, 2.24) is 10.2 Å². The zero-order valence-electron chi connectivity index (χ0n) is 10.5. The van der Waals surface area contributed by atoms with Gasteiger partial charge in [0.15, 0.2) is 0 Å². The van der Waals surface area contributed by atoms with Crippen molar-refractivity contribution in [3.63, 3.8) is 0 Å². The van der Waals surface area contributed by atoms with Crippen molar-refractivity contribution in [1.29, 1.82) is 0 Å². The number of rotatable bonds is 5. The molecule has 0 unspecified atom stereocenters. The van der Waals surface area contributed by atoms with Crippen molar-refractivity contribution >= 4 is 28.1 Å². The first kappa shape index (κ1) is 13.3. The molecular weight excluding hydrogens is 262 g/mol. The van der Waals surface area contributed by atoms with E-state index in [-0.39, 0.29) is 6.54 Å². The number of nitrogens with two attached hydrogens (primary N) is 2. The molecule has 0 saturated carbocycles. The largest absolute Gasteiger partial charge is 0.398 e. The second-order valence-corrected chi connectivity index (χ2v) is 5.28. The van der Waals surface area contributed by atoms with Gasteiger partial charge in [-0.2, -0.15) is 0 Å². The minimum atomic E-state index is -0.414. The molecule has 19 heavy (non-hydrogen) atoms. The number of primary amides is 1. The van der Waals surface area contributed by atoms with E-state index in [2.05, 4.69) is 10.2 Å². The van der Waals surface area contributed by atoms with Crippen LogP contribution in [-0.2, 0) is 11.3 Å². The van der Waals surface area contributed by atoms with Crippen LogP contribution in [-0.4, -0.2) is 22.6 Å². The predicted octanol–water partition coefficient (Wildman–Crippen LogP) is 0.921. The lowest BCUT2D eigenvalue weighted by molar-refractivity contribution is -0.116. The van der Waals surface area contributed by atoms with E-state index in [1.165, 1.54) is 11.3 Å². The summed E-state index contributed by atoms with van der Waals surface area (Å²) in [5.41, 5.74) is 12.8. The number of carbonyl (C=O) groups is 1. The van der Waals surface area contributed by atoms with Gasteiger partial charge >= 0.3 is 0 Å². The van der Waals surface area contributed by atoms with E-state index in [0.717, 1.165) is 10.6 Å². The Morgan fingerprint density at radius 2 is 2.11 bits per heavy atom. The number of aryl methyl sites for hydroxylation is 1. The molecule has 1 aromatic carbocycles. The van der Waals surface area contributed by atoms with Crippen molar-refractivity contribution in [3.8, 4) is 0 Å². The first-order chi connectivity index (χ1) is 9.06. The Kier molecular flexibility index (Phi) is 3.96. The van der Waals surface area contributed by atoms with E-state index < -0.39 is 5.91 Å². The van der Waals surface area contributed by atoms with Gasteiger partial charge in [0.25, 0.3) is 0 Å². The molecule has 100 valence electrons. The van der Waals surface area contributed by atoms with Crippen LogP contribution in [0.4, 0.5) is 10.8 Å². The summed E-state index contributed by atoms with van der Waals surface area (Å²) >= 11 is 1.42. The van der Waals surface area contributed by atoms with Crippen molar-refractivity contribution in [3.05, 3.63) is 34.8 Å². The molecule has 0 atom stereocenters. The highest BCUT2D eigenvalue weighted by molar-refractivity contribution is 7.15. The lowest BCUT2D eigenvalue weighted by Crippen LogP contribution is -2.33. The number of aromatic nitrogens is 2. The second-order valence-electron chi connectivity index (χ2n) is 4.12. The molecule has 6 nitrogen and oxygen atoms in total. The van der Waals surface area contributed by atoms with Crippen molar-refractivity contribution < 1.29 is 4.79 Å². The van der Waals surface area contributed by atoms with Gasteiger partial charge in [-0.3, -0.25) is 4.79 Å². The third-order valence-electron chi connectivity index (χ3n) is 2.55. The van der Waals surface area contributed by atoms with Crippen LogP contribution in [0.15, 0.2) is 24.3 Å². The summed E-state index contributed by atoms with van der Waals surface area (Å²) in [6.07, 6.45) is 0. The average Bonchev–Trinajstić information content (AvgIpc) is 2.77. The van der Waals surface area contributed by atoms with Gasteiger partial charge in [0, 0.05) is 12.2 Å². The summed E-state index contributed by atoms with van der Waals surface area (Å²) in [6, 6.07) is 7.51. The Balaban J connectivity index is 2.24. The van der Waals surface area contributed by atoms with Crippen LogP contribution in [0.25, 0.3) is 0 Å². The third-order valence-corrected chi connectivity index (χ3v) is 3.45. The Morgan fingerprint density at radius 1 is 1.37 bits per heavy atom. The molecule has 4 N–H and O–H groups in total. The standard InChI is InChI=1S/C12H15N5OS/c1-8-15-16-12(19-8)17(7-11(14)18)6-9-4-2-3-5-10(9)13/h2-5H,6-7,13H2,1H3,(H2,14,18). The van der Waals surface area contributed by atoms with Crippen molar-refractivity contribution in [2.24, 2.45) is 5.73 Å². The fourth-order valence-electron chi connectivity index (χ4n) is 1.68. The topological polar surface area (TPSA) is 98.1 Å². The van der Waals surface area contributed by atoms with Gasteiger partial charge in [0.1, 0.15) is 5.01 Å². The fourth-order valence-corrected chi connectivity index (χ4v) is 2.36. The summed E-state index contributed by atoms with van der Waals surface area (Å²) in [6.45, 7) is 2.42. The lowest BCUT2D eigenvalue weighted by atomic mass is 10.2. The molecule has 0 aliphatic heterocycles. The second kappa shape index (κ2) is 5.66. The first-order valence-corrected chi connectivity index (χ1v) is 6.54. The maximum absolute atomic E-state index is 11.2. The lowest BCUT2D eigenvalue weighted by Gasteiger charge is -2.20. The molecule has 1 heterocycles. The number of hydrogen-bond acceptors (Lipinski definition) is 6. The molecule has 1 aromatic heterocycles. The highest BCUT2D eigenvalue weighted by Gasteiger charge is 2.15. The van der Waals surface area contributed by atoms with Gasteiger partial charge in [-0.1, -0.05) is 29.5 Å². The van der Waals surface area contributed by atoms with Crippen LogP contribution in [0, 0.1) is 6.92 Å². The van der Waals surface area contributed by atoms with Gasteiger partial charge in [-0.25, -0.2) is 0 Å². The number of para-hydroxylation sites is 1. The molecule has 0 aliphatic rings. The number of nitrogen functional groups attached to an aromatic ring is 1. The van der Waals surface area contributed by atoms with E-state index in [9.17, 15) is 4.79 Å². The average molecular weight is 277 g/mol. The summed E-state index contributed by atoms with van der Waals surface area (Å²) in [5, 5.41) is 9.50. The van der Waals surface area contributed by atoms with Crippen molar-refractivity contribution in [2.45, 2.75) is 13.5 Å². The molecule has 0 fully saturated rings. The monoisotopic (exact) mass is 277 g/mol. The van der Waals surface area contributed by atoms with E-state index in [1.807, 2.05) is 31.2 Å². The Hall–Kier alpha value is -2.15. The smallest absolute Gasteiger partial charge is 0.237 e.